The van der Waals surface area contributed by atoms with Gasteiger partial charge in [-0.2, -0.15) is 0 Å². The van der Waals surface area contributed by atoms with Gasteiger partial charge in [-0.1, -0.05) is 54.2 Å². The maximum absolute atomic E-state index is 13.2. The number of nitrogens with zero attached hydrogens (tertiary/aromatic N) is 3. The molecule has 0 spiro atoms. The van der Waals surface area contributed by atoms with Crippen LogP contribution in [0, 0.1) is 5.82 Å². The van der Waals surface area contributed by atoms with E-state index in [1.807, 2.05) is 41.8 Å². The number of ketones is 1. The van der Waals surface area contributed by atoms with Crippen LogP contribution in [-0.4, -0.2) is 26.3 Å². The van der Waals surface area contributed by atoms with Crippen molar-refractivity contribution in [2.75, 3.05) is 5.75 Å². The maximum Gasteiger partial charge on any atom is 0.191 e. The fourth-order valence-electron chi connectivity index (χ4n) is 2.36. The highest BCUT2D eigenvalue weighted by Crippen LogP contribution is 2.24. The summed E-state index contributed by atoms with van der Waals surface area (Å²) < 4.78 is 15.2. The van der Waals surface area contributed by atoms with Gasteiger partial charge in [0.2, 0.25) is 0 Å². The average Bonchev–Trinajstić information content (AvgIpc) is 3.03. The second-order valence-electron chi connectivity index (χ2n) is 5.14. The van der Waals surface area contributed by atoms with Crippen LogP contribution < -0.4 is 0 Å². The van der Waals surface area contributed by atoms with Gasteiger partial charge in [-0.25, -0.2) is 4.39 Å². The van der Waals surface area contributed by atoms with E-state index in [1.165, 1.54) is 30.0 Å². The first-order chi connectivity index (χ1) is 11.7. The van der Waals surface area contributed by atoms with Gasteiger partial charge in [-0.15, -0.1) is 10.2 Å². The third-order valence-electron chi connectivity index (χ3n) is 3.54. The zero-order valence-corrected chi connectivity index (χ0v) is 14.0. The van der Waals surface area contributed by atoms with Gasteiger partial charge in [0.1, 0.15) is 5.82 Å². The smallest absolute Gasteiger partial charge is 0.191 e. The minimum Gasteiger partial charge on any atom is -0.302 e. The van der Waals surface area contributed by atoms with Crippen molar-refractivity contribution in [3.05, 3.63) is 66.0 Å². The van der Waals surface area contributed by atoms with E-state index in [2.05, 4.69) is 10.2 Å². The van der Waals surface area contributed by atoms with E-state index < -0.39 is 5.82 Å². The van der Waals surface area contributed by atoms with E-state index >= 15 is 0 Å². The van der Waals surface area contributed by atoms with Gasteiger partial charge in [0.15, 0.2) is 16.8 Å². The summed E-state index contributed by atoms with van der Waals surface area (Å²) in [6, 6.07) is 15.5. The highest BCUT2D eigenvalue weighted by Gasteiger charge is 2.15. The fourth-order valence-corrected chi connectivity index (χ4v) is 3.25. The minimum atomic E-state index is -0.408. The molecule has 24 heavy (non-hydrogen) atoms. The van der Waals surface area contributed by atoms with Gasteiger partial charge in [0.05, 0.1) is 5.75 Å². The lowest BCUT2D eigenvalue weighted by Crippen LogP contribution is -2.05. The van der Waals surface area contributed by atoms with Gasteiger partial charge in [-0.05, 0) is 19.1 Å². The first-order valence-electron chi connectivity index (χ1n) is 7.59. The Hall–Kier alpha value is -2.47. The molecule has 0 aliphatic rings. The van der Waals surface area contributed by atoms with Crippen LogP contribution in [0.15, 0.2) is 59.8 Å². The van der Waals surface area contributed by atoms with E-state index in [4.69, 9.17) is 0 Å². The van der Waals surface area contributed by atoms with Crippen molar-refractivity contribution in [3.63, 3.8) is 0 Å². The highest BCUT2D eigenvalue weighted by molar-refractivity contribution is 7.99. The SMILES string of the molecule is CCn1c(SCC(=O)c2cccc(F)c2)nnc1-c1ccccc1. The Morgan fingerprint density at radius 1 is 1.12 bits per heavy atom. The summed E-state index contributed by atoms with van der Waals surface area (Å²) in [5.74, 6) is 0.426. The molecule has 0 amide bonds. The van der Waals surface area contributed by atoms with Crippen LogP contribution in [0.5, 0.6) is 0 Å². The van der Waals surface area contributed by atoms with Crippen LogP contribution >= 0.6 is 11.8 Å². The largest absolute Gasteiger partial charge is 0.302 e. The second-order valence-corrected chi connectivity index (χ2v) is 6.08. The van der Waals surface area contributed by atoms with Crippen LogP contribution in [-0.2, 0) is 6.54 Å². The number of thioether (sulfide) groups is 1. The predicted octanol–water partition coefficient (Wildman–Crippen LogP) is 4.08. The van der Waals surface area contributed by atoms with Crippen molar-refractivity contribution in [1.82, 2.24) is 14.8 Å². The Labute approximate surface area is 143 Å². The Kier molecular flexibility index (Phi) is 5.05. The molecule has 0 unspecified atom stereocenters. The molecule has 0 saturated carbocycles. The molecule has 0 aliphatic carbocycles. The molecule has 0 radical (unpaired) electrons. The maximum atomic E-state index is 13.2. The molecule has 3 aromatic rings. The van der Waals surface area contributed by atoms with E-state index in [-0.39, 0.29) is 11.5 Å². The summed E-state index contributed by atoms with van der Waals surface area (Å²) in [4.78, 5) is 12.2. The average molecular weight is 341 g/mol. The summed E-state index contributed by atoms with van der Waals surface area (Å²) in [5.41, 5.74) is 1.35. The molecule has 122 valence electrons. The molecule has 1 heterocycles. The predicted molar refractivity (Wildman–Crippen MR) is 92.6 cm³/mol. The number of Topliss-reactive ketones (excluding diaryl/α,β-unsaturated/α-hetero) is 1. The number of rotatable bonds is 6. The number of hydrogen-bond acceptors (Lipinski definition) is 4. The Bertz CT molecular complexity index is 848. The van der Waals surface area contributed by atoms with Crippen molar-refractivity contribution in [3.8, 4) is 11.4 Å². The van der Waals surface area contributed by atoms with Crippen molar-refractivity contribution in [2.45, 2.75) is 18.6 Å². The molecule has 0 atom stereocenters. The molecule has 0 saturated heterocycles. The molecule has 1 aromatic heterocycles. The van der Waals surface area contributed by atoms with E-state index in [0.29, 0.717) is 17.3 Å². The van der Waals surface area contributed by atoms with Crippen molar-refractivity contribution in [2.24, 2.45) is 0 Å². The number of aromatic nitrogens is 3. The molecule has 6 heteroatoms. The standard InChI is InChI=1S/C18H16FN3OS/c1-2-22-17(13-7-4-3-5-8-13)20-21-18(22)24-12-16(23)14-9-6-10-15(19)11-14/h3-11H,2,12H2,1H3. The first kappa shape index (κ1) is 16.4. The number of halogens is 1. The van der Waals surface area contributed by atoms with Gasteiger partial charge in [0, 0.05) is 17.7 Å². The normalized spacial score (nSPS) is 10.8. The molecule has 0 N–H and O–H groups in total. The molecule has 3 rings (SSSR count). The summed E-state index contributed by atoms with van der Waals surface area (Å²) in [5, 5.41) is 9.12. The van der Waals surface area contributed by atoms with Crippen molar-refractivity contribution < 1.29 is 9.18 Å². The summed E-state index contributed by atoms with van der Waals surface area (Å²) in [7, 11) is 0. The Balaban J connectivity index is 1.76. The van der Waals surface area contributed by atoms with Crippen LogP contribution in [0.25, 0.3) is 11.4 Å². The molecule has 0 aliphatic heterocycles. The van der Waals surface area contributed by atoms with E-state index in [0.717, 1.165) is 11.4 Å². The van der Waals surface area contributed by atoms with Crippen molar-refractivity contribution >= 4 is 17.5 Å². The minimum absolute atomic E-state index is 0.133. The zero-order chi connectivity index (χ0) is 16.9. The van der Waals surface area contributed by atoms with E-state index in [1.54, 1.807) is 6.07 Å². The van der Waals surface area contributed by atoms with Gasteiger partial charge >= 0.3 is 0 Å². The van der Waals surface area contributed by atoms with E-state index in [9.17, 15) is 9.18 Å². The quantitative estimate of drug-likeness (QED) is 0.501. The zero-order valence-electron chi connectivity index (χ0n) is 13.1. The Morgan fingerprint density at radius 3 is 2.62 bits per heavy atom. The molecule has 2 aromatic carbocycles. The summed E-state index contributed by atoms with van der Waals surface area (Å²) in [6.45, 7) is 2.71. The molecule has 4 nitrogen and oxygen atoms in total. The van der Waals surface area contributed by atoms with Crippen molar-refractivity contribution in [1.29, 1.82) is 0 Å². The first-order valence-corrected chi connectivity index (χ1v) is 8.57. The summed E-state index contributed by atoms with van der Waals surface area (Å²) >= 11 is 1.31. The third kappa shape index (κ3) is 3.54. The molecular formula is C18H16FN3OS. The number of hydrogen-bond donors (Lipinski definition) is 0. The third-order valence-corrected chi connectivity index (χ3v) is 4.51. The van der Waals surface area contributed by atoms with Crippen LogP contribution in [0.3, 0.4) is 0 Å². The van der Waals surface area contributed by atoms with Crippen LogP contribution in [0.1, 0.15) is 17.3 Å². The van der Waals surface area contributed by atoms with Gasteiger partial charge < -0.3 is 4.57 Å². The number of carbonyl (C=O) groups excluding carboxylic acids is 1. The lowest BCUT2D eigenvalue weighted by Gasteiger charge is -2.07. The highest BCUT2D eigenvalue weighted by atomic mass is 32.2. The lowest BCUT2D eigenvalue weighted by molar-refractivity contribution is 0.102. The number of benzene rings is 2. The topological polar surface area (TPSA) is 47.8 Å². The van der Waals surface area contributed by atoms with Crippen LogP contribution in [0.4, 0.5) is 4.39 Å². The monoisotopic (exact) mass is 341 g/mol. The van der Waals surface area contributed by atoms with Gasteiger partial charge in [-0.3, -0.25) is 4.79 Å². The van der Waals surface area contributed by atoms with Gasteiger partial charge in [0.25, 0.3) is 0 Å². The summed E-state index contributed by atoms with van der Waals surface area (Å²) in [6.07, 6.45) is 0. The fraction of sp³-hybridized carbons (Fsp3) is 0.167. The Morgan fingerprint density at radius 2 is 1.92 bits per heavy atom. The molecule has 0 bridgehead atoms. The second kappa shape index (κ2) is 7.40. The lowest BCUT2D eigenvalue weighted by atomic mass is 10.1. The van der Waals surface area contributed by atoms with Crippen LogP contribution in [0.2, 0.25) is 0 Å². The number of carbonyl (C=O) groups is 1. The molecular weight excluding hydrogens is 325 g/mol. The molecule has 0 fully saturated rings.